The topological polar surface area (TPSA) is 62.8 Å². The molecule has 1 aliphatic heterocycles. The van der Waals surface area contributed by atoms with Crippen molar-refractivity contribution in [1.29, 1.82) is 0 Å². The molecular formula is C21H35N3O3. The molecule has 27 heavy (non-hydrogen) atoms. The number of nitrogens with one attached hydrogen (secondary N) is 2. The molecule has 2 N–H and O–H groups in total. The lowest BCUT2D eigenvalue weighted by atomic mass is 9.92. The molecule has 6 heteroatoms. The molecule has 0 saturated carbocycles. The third-order valence-electron chi connectivity index (χ3n) is 5.64. The Balaban J connectivity index is 1.92. The molecule has 152 valence electrons. The van der Waals surface area contributed by atoms with Crippen LogP contribution in [0.1, 0.15) is 44.7 Å². The average Bonchev–Trinajstić information content (AvgIpc) is 2.71. The van der Waals surface area contributed by atoms with Crippen molar-refractivity contribution >= 4 is 5.91 Å². The van der Waals surface area contributed by atoms with E-state index in [4.69, 9.17) is 9.47 Å². The summed E-state index contributed by atoms with van der Waals surface area (Å²) in [7, 11) is 5.28. The summed E-state index contributed by atoms with van der Waals surface area (Å²) >= 11 is 0. The van der Waals surface area contributed by atoms with Crippen LogP contribution in [-0.2, 0) is 4.79 Å². The van der Waals surface area contributed by atoms with Gasteiger partial charge in [0.15, 0.2) is 0 Å². The minimum absolute atomic E-state index is 0.0565. The third-order valence-corrected chi connectivity index (χ3v) is 5.64. The van der Waals surface area contributed by atoms with E-state index >= 15 is 0 Å². The maximum absolute atomic E-state index is 12.8. The predicted octanol–water partition coefficient (Wildman–Crippen LogP) is 2.59. The van der Waals surface area contributed by atoms with Gasteiger partial charge in [-0.25, -0.2) is 0 Å². The summed E-state index contributed by atoms with van der Waals surface area (Å²) in [5.41, 5.74) is 0.920. The van der Waals surface area contributed by atoms with Crippen LogP contribution in [0, 0.1) is 5.92 Å². The molecule has 6 nitrogen and oxygen atoms in total. The second kappa shape index (κ2) is 10.5. The van der Waals surface area contributed by atoms with Crippen LogP contribution in [0.3, 0.4) is 0 Å². The molecule has 1 amide bonds. The molecule has 2 unspecified atom stereocenters. The first-order valence-electron chi connectivity index (χ1n) is 9.91. The number of nitrogens with zero attached hydrogens (tertiary/aromatic N) is 1. The minimum atomic E-state index is -0.154. The van der Waals surface area contributed by atoms with E-state index in [1.54, 1.807) is 14.2 Å². The van der Waals surface area contributed by atoms with E-state index in [1.165, 1.54) is 19.3 Å². The minimum Gasteiger partial charge on any atom is -0.497 e. The smallest absolute Gasteiger partial charge is 0.237 e. The Morgan fingerprint density at radius 1 is 1.22 bits per heavy atom. The molecule has 1 fully saturated rings. The number of hydrogen-bond acceptors (Lipinski definition) is 5. The van der Waals surface area contributed by atoms with Gasteiger partial charge in [0, 0.05) is 5.56 Å². The number of benzene rings is 1. The molecular weight excluding hydrogens is 342 g/mol. The maximum Gasteiger partial charge on any atom is 0.237 e. The van der Waals surface area contributed by atoms with Crippen molar-refractivity contribution in [1.82, 2.24) is 15.5 Å². The van der Waals surface area contributed by atoms with Crippen LogP contribution in [0.4, 0.5) is 0 Å². The summed E-state index contributed by atoms with van der Waals surface area (Å²) in [5.74, 6) is 2.33. The first-order valence-corrected chi connectivity index (χ1v) is 9.91. The van der Waals surface area contributed by atoms with Gasteiger partial charge in [0.25, 0.3) is 0 Å². The predicted molar refractivity (Wildman–Crippen MR) is 108 cm³/mol. The lowest BCUT2D eigenvalue weighted by molar-refractivity contribution is -0.127. The average molecular weight is 378 g/mol. The summed E-state index contributed by atoms with van der Waals surface area (Å²) in [4.78, 5) is 15.1. The van der Waals surface area contributed by atoms with Gasteiger partial charge in [-0.3, -0.25) is 9.69 Å². The fourth-order valence-electron chi connectivity index (χ4n) is 3.73. The molecule has 1 aromatic carbocycles. The van der Waals surface area contributed by atoms with E-state index in [-0.39, 0.29) is 18.0 Å². The van der Waals surface area contributed by atoms with Crippen LogP contribution in [0.15, 0.2) is 18.2 Å². The Labute approximate surface area is 163 Å². The molecule has 1 saturated heterocycles. The zero-order chi connectivity index (χ0) is 19.8. The molecule has 1 aromatic rings. The van der Waals surface area contributed by atoms with Gasteiger partial charge in [0.05, 0.1) is 26.3 Å². The van der Waals surface area contributed by atoms with Gasteiger partial charge in [-0.05, 0) is 83.9 Å². The molecule has 0 aliphatic carbocycles. The molecule has 1 aliphatic rings. The van der Waals surface area contributed by atoms with Crippen molar-refractivity contribution in [2.24, 2.45) is 5.92 Å². The standard InChI is InChI=1S/C21H35N3O3/c1-15(19-14-18(26-4)6-7-20(19)27-5)23-21(25)16(2)24-12-9-17(10-13-24)8-11-22-3/h6-7,14-17,22H,8-13H2,1-5H3,(H,23,25). The first kappa shape index (κ1) is 21.5. The fraction of sp³-hybridized carbons (Fsp3) is 0.667. The molecule has 0 bridgehead atoms. The zero-order valence-corrected chi connectivity index (χ0v) is 17.4. The van der Waals surface area contributed by atoms with Crippen LogP contribution in [0.25, 0.3) is 0 Å². The van der Waals surface area contributed by atoms with Gasteiger partial charge in [-0.2, -0.15) is 0 Å². The largest absolute Gasteiger partial charge is 0.497 e. The first-order chi connectivity index (χ1) is 13.0. The highest BCUT2D eigenvalue weighted by Crippen LogP contribution is 2.29. The Kier molecular flexibility index (Phi) is 8.38. The van der Waals surface area contributed by atoms with E-state index in [9.17, 15) is 4.79 Å². The highest BCUT2D eigenvalue weighted by atomic mass is 16.5. The Morgan fingerprint density at radius 3 is 2.52 bits per heavy atom. The van der Waals surface area contributed by atoms with Gasteiger partial charge >= 0.3 is 0 Å². The maximum atomic E-state index is 12.8. The van der Waals surface area contributed by atoms with Gasteiger partial charge in [-0.1, -0.05) is 0 Å². The van der Waals surface area contributed by atoms with Crippen LogP contribution < -0.4 is 20.1 Å². The quantitative estimate of drug-likeness (QED) is 0.693. The van der Waals surface area contributed by atoms with Crippen LogP contribution in [0.2, 0.25) is 0 Å². The Bertz CT molecular complexity index is 600. The van der Waals surface area contributed by atoms with Crippen molar-refractivity contribution < 1.29 is 14.3 Å². The summed E-state index contributed by atoms with van der Waals surface area (Å²) in [5, 5.41) is 6.36. The molecule has 0 radical (unpaired) electrons. The SMILES string of the molecule is CNCCC1CCN(C(C)C(=O)NC(C)c2cc(OC)ccc2OC)CC1. The Morgan fingerprint density at radius 2 is 1.93 bits per heavy atom. The monoisotopic (exact) mass is 377 g/mol. The fourth-order valence-corrected chi connectivity index (χ4v) is 3.73. The lowest BCUT2D eigenvalue weighted by Crippen LogP contribution is -2.48. The van der Waals surface area contributed by atoms with Crippen molar-refractivity contribution in [3.63, 3.8) is 0 Å². The van der Waals surface area contributed by atoms with Crippen LogP contribution in [0.5, 0.6) is 11.5 Å². The number of piperidine rings is 1. The summed E-state index contributed by atoms with van der Waals surface area (Å²) in [6, 6.07) is 5.36. The number of ether oxygens (including phenoxy) is 2. The van der Waals surface area contributed by atoms with Crippen LogP contribution >= 0.6 is 0 Å². The number of methoxy groups -OCH3 is 2. The van der Waals surface area contributed by atoms with Gasteiger partial charge in [-0.15, -0.1) is 0 Å². The molecule has 1 heterocycles. The van der Waals surface area contributed by atoms with Crippen molar-refractivity contribution in [3.05, 3.63) is 23.8 Å². The number of hydrogen-bond donors (Lipinski definition) is 2. The normalized spacial score (nSPS) is 18.0. The van der Waals surface area contributed by atoms with Crippen molar-refractivity contribution in [2.75, 3.05) is 40.9 Å². The summed E-state index contributed by atoms with van der Waals surface area (Å²) in [6.45, 7) is 7.02. The van der Waals surface area contributed by atoms with E-state index in [2.05, 4.69) is 15.5 Å². The van der Waals surface area contributed by atoms with Crippen LogP contribution in [-0.4, -0.2) is 57.8 Å². The van der Waals surface area contributed by atoms with E-state index in [0.29, 0.717) is 0 Å². The van der Waals surface area contributed by atoms with Gasteiger partial charge in [0.2, 0.25) is 5.91 Å². The van der Waals surface area contributed by atoms with E-state index < -0.39 is 0 Å². The van der Waals surface area contributed by atoms with Crippen molar-refractivity contribution in [3.8, 4) is 11.5 Å². The van der Waals surface area contributed by atoms with Crippen molar-refractivity contribution in [2.45, 2.75) is 45.2 Å². The highest BCUT2D eigenvalue weighted by molar-refractivity contribution is 5.81. The second-order valence-electron chi connectivity index (χ2n) is 7.39. The number of carbonyl (C=O) groups excluding carboxylic acids is 1. The molecule has 2 atom stereocenters. The number of likely N-dealkylation sites (tertiary alicyclic amines) is 1. The molecule has 0 spiro atoms. The number of amides is 1. The lowest BCUT2D eigenvalue weighted by Gasteiger charge is -2.35. The number of carbonyl (C=O) groups is 1. The summed E-state index contributed by atoms with van der Waals surface area (Å²) in [6.07, 6.45) is 3.55. The van der Waals surface area contributed by atoms with E-state index in [1.807, 2.05) is 39.1 Å². The summed E-state index contributed by atoms with van der Waals surface area (Å²) < 4.78 is 10.8. The Hall–Kier alpha value is -1.79. The van der Waals surface area contributed by atoms with Gasteiger partial charge < -0.3 is 20.1 Å². The second-order valence-corrected chi connectivity index (χ2v) is 7.39. The number of rotatable bonds is 9. The molecule has 0 aromatic heterocycles. The van der Waals surface area contributed by atoms with Gasteiger partial charge in [0.1, 0.15) is 11.5 Å². The zero-order valence-electron chi connectivity index (χ0n) is 17.4. The third kappa shape index (κ3) is 5.84. The molecule has 2 rings (SSSR count). The highest BCUT2D eigenvalue weighted by Gasteiger charge is 2.27. The van der Waals surface area contributed by atoms with E-state index in [0.717, 1.165) is 42.6 Å².